The van der Waals surface area contributed by atoms with Gasteiger partial charge in [0, 0.05) is 6.54 Å². The van der Waals surface area contributed by atoms with Gasteiger partial charge in [0.25, 0.3) is 0 Å². The van der Waals surface area contributed by atoms with E-state index < -0.39 is 4.75 Å². The molecular formula is C13H22N2O2S. The summed E-state index contributed by atoms with van der Waals surface area (Å²) in [5, 5.41) is 13.1. The number of amides is 1. The molecule has 102 valence electrons. The summed E-state index contributed by atoms with van der Waals surface area (Å²) in [5.41, 5.74) is 0. The first-order valence-electron chi connectivity index (χ1n) is 6.65. The van der Waals surface area contributed by atoms with E-state index in [0.29, 0.717) is 12.5 Å². The second-order valence-electron chi connectivity index (χ2n) is 5.80. The Morgan fingerprint density at radius 3 is 2.78 bits per heavy atom. The van der Waals surface area contributed by atoms with Gasteiger partial charge in [0.15, 0.2) is 5.17 Å². The fourth-order valence-corrected chi connectivity index (χ4v) is 3.44. The van der Waals surface area contributed by atoms with E-state index in [1.54, 1.807) is 11.8 Å². The van der Waals surface area contributed by atoms with Crippen molar-refractivity contribution in [2.24, 2.45) is 16.8 Å². The van der Waals surface area contributed by atoms with Crippen molar-refractivity contribution in [1.82, 2.24) is 5.32 Å². The molecule has 2 fully saturated rings. The number of carbonyl (C=O) groups excluding carboxylic acids is 1. The summed E-state index contributed by atoms with van der Waals surface area (Å²) in [6.07, 6.45) is 2.62. The van der Waals surface area contributed by atoms with E-state index in [1.165, 1.54) is 0 Å². The molecule has 1 amide bonds. The molecule has 3 atom stereocenters. The van der Waals surface area contributed by atoms with Crippen LogP contribution in [0.25, 0.3) is 0 Å². The van der Waals surface area contributed by atoms with E-state index in [9.17, 15) is 9.90 Å². The zero-order chi connectivity index (χ0) is 13.3. The van der Waals surface area contributed by atoms with Crippen LogP contribution < -0.4 is 5.32 Å². The Morgan fingerprint density at radius 2 is 2.28 bits per heavy atom. The van der Waals surface area contributed by atoms with Gasteiger partial charge in [0.2, 0.25) is 5.91 Å². The molecule has 0 aromatic rings. The van der Waals surface area contributed by atoms with Gasteiger partial charge >= 0.3 is 0 Å². The number of rotatable bonds is 3. The maximum atomic E-state index is 11.9. The van der Waals surface area contributed by atoms with Crippen molar-refractivity contribution in [3.05, 3.63) is 0 Å². The first kappa shape index (κ1) is 13.9. The molecule has 1 saturated carbocycles. The average Bonchev–Trinajstić information content (AvgIpc) is 2.82. The predicted octanol–water partition coefficient (Wildman–Crippen LogP) is 1.78. The zero-order valence-corrected chi connectivity index (χ0v) is 12.1. The quantitative estimate of drug-likeness (QED) is 0.822. The molecule has 1 saturated heterocycles. The minimum absolute atomic E-state index is 0.0627. The van der Waals surface area contributed by atoms with Crippen LogP contribution in [0.5, 0.6) is 0 Å². The Bertz CT molecular complexity index is 370. The number of amidine groups is 1. The molecular weight excluding hydrogens is 248 g/mol. The third-order valence-corrected chi connectivity index (χ3v) is 5.59. The van der Waals surface area contributed by atoms with Crippen LogP contribution in [0.1, 0.15) is 40.0 Å². The van der Waals surface area contributed by atoms with E-state index in [-0.39, 0.29) is 17.9 Å². The molecule has 5 heteroatoms. The molecule has 1 heterocycles. The number of thioether (sulfide) groups is 1. The van der Waals surface area contributed by atoms with Gasteiger partial charge < -0.3 is 10.4 Å². The van der Waals surface area contributed by atoms with Crippen molar-refractivity contribution in [1.29, 1.82) is 0 Å². The molecule has 0 spiro atoms. The summed E-state index contributed by atoms with van der Waals surface area (Å²) in [6, 6.07) is 0. The number of aliphatic hydroxyl groups is 1. The van der Waals surface area contributed by atoms with Crippen LogP contribution in [0.3, 0.4) is 0 Å². The number of aliphatic imine (C=N–C) groups is 1. The highest BCUT2D eigenvalue weighted by molar-refractivity contribution is 8.16. The van der Waals surface area contributed by atoms with Crippen LogP contribution in [-0.4, -0.2) is 33.6 Å². The summed E-state index contributed by atoms with van der Waals surface area (Å²) >= 11 is 1.54. The van der Waals surface area contributed by atoms with Crippen molar-refractivity contribution >= 4 is 22.8 Å². The van der Waals surface area contributed by atoms with E-state index in [4.69, 9.17) is 0 Å². The van der Waals surface area contributed by atoms with E-state index in [1.807, 2.05) is 6.92 Å². The molecule has 2 N–H and O–H groups in total. The molecule has 18 heavy (non-hydrogen) atoms. The van der Waals surface area contributed by atoms with Crippen LogP contribution in [-0.2, 0) is 4.79 Å². The summed E-state index contributed by atoms with van der Waals surface area (Å²) in [6.45, 7) is 6.80. The minimum Gasteiger partial charge on any atom is -0.393 e. The topological polar surface area (TPSA) is 61.7 Å². The molecule has 2 rings (SSSR count). The summed E-state index contributed by atoms with van der Waals surface area (Å²) in [4.78, 5) is 16.4. The van der Waals surface area contributed by atoms with Gasteiger partial charge in [-0.2, -0.15) is 0 Å². The van der Waals surface area contributed by atoms with Crippen LogP contribution in [0, 0.1) is 11.8 Å². The maximum absolute atomic E-state index is 11.9. The number of nitrogens with zero attached hydrogens (tertiary/aromatic N) is 1. The maximum Gasteiger partial charge on any atom is 0.242 e. The lowest BCUT2D eigenvalue weighted by Gasteiger charge is -2.22. The second-order valence-corrected chi connectivity index (χ2v) is 7.24. The van der Waals surface area contributed by atoms with Gasteiger partial charge in [-0.25, -0.2) is 0 Å². The first-order chi connectivity index (χ1) is 8.41. The van der Waals surface area contributed by atoms with Crippen molar-refractivity contribution in [3.8, 4) is 0 Å². The van der Waals surface area contributed by atoms with Gasteiger partial charge in [-0.15, -0.1) is 0 Å². The zero-order valence-electron chi connectivity index (χ0n) is 11.3. The minimum atomic E-state index is -0.395. The van der Waals surface area contributed by atoms with Crippen LogP contribution in [0.4, 0.5) is 0 Å². The van der Waals surface area contributed by atoms with E-state index in [2.05, 4.69) is 24.2 Å². The normalized spacial score (nSPS) is 38.7. The molecule has 0 aromatic carbocycles. The SMILES string of the molecule is CC(C)[C@@]1(C)SC(=NC[C@H]2CC[C@H](O)C2)NC1=O. The Balaban J connectivity index is 1.94. The molecule has 1 aliphatic heterocycles. The number of carbonyl (C=O) groups is 1. The van der Waals surface area contributed by atoms with Crippen molar-refractivity contribution in [2.75, 3.05) is 6.54 Å². The Morgan fingerprint density at radius 1 is 1.56 bits per heavy atom. The highest BCUT2D eigenvalue weighted by Gasteiger charge is 2.44. The Labute approximate surface area is 113 Å². The Kier molecular flexibility index (Phi) is 4.02. The summed E-state index contributed by atoms with van der Waals surface area (Å²) in [5.74, 6) is 0.812. The van der Waals surface area contributed by atoms with E-state index >= 15 is 0 Å². The van der Waals surface area contributed by atoms with Crippen molar-refractivity contribution < 1.29 is 9.90 Å². The molecule has 0 aromatic heterocycles. The van der Waals surface area contributed by atoms with Crippen LogP contribution in [0.15, 0.2) is 4.99 Å². The molecule has 0 bridgehead atoms. The van der Waals surface area contributed by atoms with Gasteiger partial charge in [-0.3, -0.25) is 9.79 Å². The molecule has 4 nitrogen and oxygen atoms in total. The molecule has 0 radical (unpaired) electrons. The smallest absolute Gasteiger partial charge is 0.242 e. The lowest BCUT2D eigenvalue weighted by Crippen LogP contribution is -2.38. The molecule has 1 aliphatic carbocycles. The lowest BCUT2D eigenvalue weighted by molar-refractivity contribution is -0.122. The highest BCUT2D eigenvalue weighted by atomic mass is 32.2. The summed E-state index contributed by atoms with van der Waals surface area (Å²) in [7, 11) is 0. The van der Waals surface area contributed by atoms with Gasteiger partial charge in [-0.05, 0) is 38.0 Å². The highest BCUT2D eigenvalue weighted by Crippen LogP contribution is 2.38. The number of nitrogens with one attached hydrogen (secondary N) is 1. The Hall–Kier alpha value is -0.550. The summed E-state index contributed by atoms with van der Waals surface area (Å²) < 4.78 is -0.395. The standard InChI is InChI=1S/C13H22N2O2S/c1-8(2)13(3)11(17)15-12(18-13)14-7-9-4-5-10(16)6-9/h8-10,16H,4-7H2,1-3H3,(H,14,15,17)/t9-,10-,13+/m0/s1. The van der Waals surface area contributed by atoms with Gasteiger partial charge in [-0.1, -0.05) is 25.6 Å². The number of aliphatic hydroxyl groups excluding tert-OH is 1. The fourth-order valence-electron chi connectivity index (χ4n) is 2.37. The largest absolute Gasteiger partial charge is 0.393 e. The third-order valence-electron chi connectivity index (χ3n) is 4.09. The monoisotopic (exact) mass is 270 g/mol. The second kappa shape index (κ2) is 5.21. The molecule has 0 unspecified atom stereocenters. The lowest BCUT2D eigenvalue weighted by atomic mass is 9.96. The van der Waals surface area contributed by atoms with Gasteiger partial charge in [0.1, 0.15) is 4.75 Å². The van der Waals surface area contributed by atoms with Crippen LogP contribution in [0.2, 0.25) is 0 Å². The third kappa shape index (κ3) is 2.72. The van der Waals surface area contributed by atoms with Gasteiger partial charge in [0.05, 0.1) is 6.10 Å². The first-order valence-corrected chi connectivity index (χ1v) is 7.46. The average molecular weight is 270 g/mol. The fraction of sp³-hybridized carbons (Fsp3) is 0.846. The van der Waals surface area contributed by atoms with Crippen molar-refractivity contribution in [2.45, 2.75) is 50.9 Å². The molecule has 2 aliphatic rings. The number of hydrogen-bond acceptors (Lipinski definition) is 4. The van der Waals surface area contributed by atoms with Crippen LogP contribution >= 0.6 is 11.8 Å². The van der Waals surface area contributed by atoms with E-state index in [0.717, 1.165) is 24.4 Å². The number of hydrogen-bond donors (Lipinski definition) is 2. The van der Waals surface area contributed by atoms with Crippen molar-refractivity contribution in [3.63, 3.8) is 0 Å². The predicted molar refractivity (Wildman–Crippen MR) is 74.6 cm³/mol.